The van der Waals surface area contributed by atoms with Crippen LogP contribution in [0, 0.1) is 27.2 Å². The minimum absolute atomic E-state index is 0.203. The Hall–Kier alpha value is -3.49. The van der Waals surface area contributed by atoms with Gasteiger partial charge in [0.15, 0.2) is 0 Å². The average molecular weight is 358 g/mol. The van der Waals surface area contributed by atoms with Crippen LogP contribution in [0.1, 0.15) is 12.0 Å². The standard InChI is InChI=1S/C17H18N4O5/c1-13-5-2-3-6-16(13)19(12-22)10-4-9-18-15-8-7-14(20(23)24)11-17(15)21(25)26/h2-3,5-8,11-12,18H,4,9-10H2,1H3. The van der Waals surface area contributed by atoms with Gasteiger partial charge < -0.3 is 10.2 Å². The number of hydrogen-bond donors (Lipinski definition) is 1. The lowest BCUT2D eigenvalue weighted by atomic mass is 10.2. The molecule has 0 heterocycles. The van der Waals surface area contributed by atoms with Crippen molar-refractivity contribution >= 4 is 29.2 Å². The second kappa shape index (κ2) is 8.56. The number of nitrogens with one attached hydrogen (secondary N) is 1. The Labute approximate surface area is 149 Å². The average Bonchev–Trinajstić information content (AvgIpc) is 2.62. The van der Waals surface area contributed by atoms with E-state index in [1.165, 1.54) is 12.1 Å². The molecule has 9 nitrogen and oxygen atoms in total. The Morgan fingerprint density at radius 1 is 1.12 bits per heavy atom. The summed E-state index contributed by atoms with van der Waals surface area (Å²) in [6.07, 6.45) is 1.29. The van der Waals surface area contributed by atoms with Gasteiger partial charge in [-0.15, -0.1) is 0 Å². The minimum Gasteiger partial charge on any atom is -0.379 e. The van der Waals surface area contributed by atoms with Crippen LogP contribution in [0.4, 0.5) is 22.7 Å². The zero-order valence-corrected chi connectivity index (χ0v) is 14.1. The molecule has 0 radical (unpaired) electrons. The molecule has 0 aromatic heterocycles. The molecule has 1 N–H and O–H groups in total. The predicted molar refractivity (Wildman–Crippen MR) is 97.4 cm³/mol. The van der Waals surface area contributed by atoms with Gasteiger partial charge in [0.25, 0.3) is 11.4 Å². The van der Waals surface area contributed by atoms with Crippen molar-refractivity contribution in [1.82, 2.24) is 0 Å². The number of amides is 1. The van der Waals surface area contributed by atoms with Crippen LogP contribution in [0.2, 0.25) is 0 Å². The number of para-hydroxylation sites is 1. The summed E-state index contributed by atoms with van der Waals surface area (Å²) in [6.45, 7) is 2.71. The third-order valence-electron chi connectivity index (χ3n) is 3.83. The molecule has 2 aromatic rings. The van der Waals surface area contributed by atoms with E-state index in [1.54, 1.807) is 4.90 Å². The Balaban J connectivity index is 1.99. The van der Waals surface area contributed by atoms with E-state index in [9.17, 15) is 25.0 Å². The minimum atomic E-state index is -0.680. The molecule has 2 rings (SSSR count). The monoisotopic (exact) mass is 358 g/mol. The SMILES string of the molecule is Cc1ccccc1N(C=O)CCCNc1ccc([N+](=O)[O-])cc1[N+](=O)[O-]. The first-order chi connectivity index (χ1) is 12.4. The summed E-state index contributed by atoms with van der Waals surface area (Å²) in [4.78, 5) is 33.4. The summed E-state index contributed by atoms with van der Waals surface area (Å²) in [5, 5.41) is 24.7. The molecular weight excluding hydrogens is 340 g/mol. The molecule has 0 unspecified atom stereocenters. The second-order valence-electron chi connectivity index (χ2n) is 5.58. The van der Waals surface area contributed by atoms with Gasteiger partial charge in [0, 0.05) is 24.8 Å². The normalized spacial score (nSPS) is 10.2. The van der Waals surface area contributed by atoms with E-state index < -0.39 is 9.85 Å². The van der Waals surface area contributed by atoms with E-state index in [1.807, 2.05) is 31.2 Å². The van der Waals surface area contributed by atoms with Gasteiger partial charge in [-0.2, -0.15) is 0 Å². The zero-order valence-electron chi connectivity index (χ0n) is 14.1. The number of non-ortho nitro benzene ring substituents is 1. The van der Waals surface area contributed by atoms with Crippen molar-refractivity contribution in [3.63, 3.8) is 0 Å². The van der Waals surface area contributed by atoms with Gasteiger partial charge in [0.1, 0.15) is 5.69 Å². The first-order valence-corrected chi connectivity index (χ1v) is 7.88. The second-order valence-corrected chi connectivity index (χ2v) is 5.58. The van der Waals surface area contributed by atoms with Gasteiger partial charge in [-0.05, 0) is 31.0 Å². The molecule has 1 amide bonds. The highest BCUT2D eigenvalue weighted by molar-refractivity contribution is 5.76. The van der Waals surface area contributed by atoms with Gasteiger partial charge in [-0.3, -0.25) is 25.0 Å². The summed E-state index contributed by atoms with van der Waals surface area (Å²) >= 11 is 0. The Morgan fingerprint density at radius 3 is 2.46 bits per heavy atom. The van der Waals surface area contributed by atoms with E-state index in [0.29, 0.717) is 19.5 Å². The lowest BCUT2D eigenvalue weighted by Gasteiger charge is -2.19. The van der Waals surface area contributed by atoms with E-state index in [2.05, 4.69) is 5.32 Å². The molecule has 26 heavy (non-hydrogen) atoms. The summed E-state index contributed by atoms with van der Waals surface area (Å²) in [5.74, 6) is 0. The lowest BCUT2D eigenvalue weighted by molar-refractivity contribution is -0.393. The van der Waals surface area contributed by atoms with Crippen molar-refractivity contribution < 1.29 is 14.6 Å². The van der Waals surface area contributed by atoms with Crippen molar-refractivity contribution in [2.75, 3.05) is 23.3 Å². The van der Waals surface area contributed by atoms with Crippen molar-refractivity contribution in [1.29, 1.82) is 0 Å². The summed E-state index contributed by atoms with van der Waals surface area (Å²) < 4.78 is 0. The number of aryl methyl sites for hydroxylation is 1. The van der Waals surface area contributed by atoms with Crippen LogP contribution >= 0.6 is 0 Å². The molecule has 9 heteroatoms. The highest BCUT2D eigenvalue weighted by Gasteiger charge is 2.19. The van der Waals surface area contributed by atoms with E-state index >= 15 is 0 Å². The Morgan fingerprint density at radius 2 is 1.85 bits per heavy atom. The number of nitro benzene ring substituents is 2. The molecule has 0 aliphatic carbocycles. The van der Waals surface area contributed by atoms with Gasteiger partial charge in [0.2, 0.25) is 6.41 Å². The molecule has 2 aromatic carbocycles. The van der Waals surface area contributed by atoms with Crippen LogP contribution in [0.15, 0.2) is 42.5 Å². The van der Waals surface area contributed by atoms with Crippen LogP contribution in [-0.4, -0.2) is 29.3 Å². The maximum atomic E-state index is 11.3. The predicted octanol–water partition coefficient (Wildman–Crippen LogP) is 3.28. The molecule has 136 valence electrons. The van der Waals surface area contributed by atoms with Gasteiger partial charge >= 0.3 is 0 Å². The molecular formula is C17H18N4O5. The van der Waals surface area contributed by atoms with Crippen LogP contribution in [0.5, 0.6) is 0 Å². The van der Waals surface area contributed by atoms with Crippen LogP contribution in [0.3, 0.4) is 0 Å². The molecule has 0 saturated carbocycles. The van der Waals surface area contributed by atoms with E-state index in [4.69, 9.17) is 0 Å². The van der Waals surface area contributed by atoms with Gasteiger partial charge in [0.05, 0.1) is 15.9 Å². The fraction of sp³-hybridized carbons (Fsp3) is 0.235. The largest absolute Gasteiger partial charge is 0.379 e. The zero-order chi connectivity index (χ0) is 19.1. The summed E-state index contributed by atoms with van der Waals surface area (Å²) in [6, 6.07) is 10.9. The number of hydrogen-bond acceptors (Lipinski definition) is 6. The van der Waals surface area contributed by atoms with Crippen molar-refractivity contribution in [2.45, 2.75) is 13.3 Å². The van der Waals surface area contributed by atoms with E-state index in [0.717, 1.165) is 23.7 Å². The highest BCUT2D eigenvalue weighted by atomic mass is 16.6. The topological polar surface area (TPSA) is 119 Å². The van der Waals surface area contributed by atoms with Crippen LogP contribution in [0.25, 0.3) is 0 Å². The quantitative estimate of drug-likeness (QED) is 0.318. The molecule has 0 aliphatic rings. The smallest absolute Gasteiger partial charge is 0.299 e. The number of anilines is 2. The number of carbonyl (C=O) groups excluding carboxylic acids is 1. The molecule has 0 saturated heterocycles. The Kier molecular flexibility index (Phi) is 6.20. The molecule has 0 aliphatic heterocycles. The Bertz CT molecular complexity index is 825. The first kappa shape index (κ1) is 18.8. The summed E-state index contributed by atoms with van der Waals surface area (Å²) in [7, 11) is 0. The van der Waals surface area contributed by atoms with Crippen molar-refractivity contribution in [3.05, 3.63) is 68.3 Å². The number of nitrogens with zero attached hydrogens (tertiary/aromatic N) is 3. The van der Waals surface area contributed by atoms with E-state index in [-0.39, 0.29) is 17.1 Å². The molecule has 0 atom stereocenters. The molecule has 0 fully saturated rings. The van der Waals surface area contributed by atoms with Crippen LogP contribution < -0.4 is 10.2 Å². The molecule has 0 spiro atoms. The maximum Gasteiger partial charge on any atom is 0.299 e. The third kappa shape index (κ3) is 4.53. The van der Waals surface area contributed by atoms with Crippen LogP contribution in [-0.2, 0) is 4.79 Å². The number of nitro groups is 2. The number of carbonyl (C=O) groups is 1. The lowest BCUT2D eigenvalue weighted by Crippen LogP contribution is -2.24. The fourth-order valence-electron chi connectivity index (χ4n) is 2.52. The van der Waals surface area contributed by atoms with Crippen molar-refractivity contribution in [2.24, 2.45) is 0 Å². The molecule has 0 bridgehead atoms. The van der Waals surface area contributed by atoms with Gasteiger partial charge in [-0.1, -0.05) is 18.2 Å². The number of benzene rings is 2. The van der Waals surface area contributed by atoms with Crippen molar-refractivity contribution in [3.8, 4) is 0 Å². The fourth-order valence-corrected chi connectivity index (χ4v) is 2.52. The highest BCUT2D eigenvalue weighted by Crippen LogP contribution is 2.28. The third-order valence-corrected chi connectivity index (χ3v) is 3.83. The first-order valence-electron chi connectivity index (χ1n) is 7.88. The summed E-state index contributed by atoms with van der Waals surface area (Å²) in [5.41, 5.74) is 1.29. The van der Waals surface area contributed by atoms with Gasteiger partial charge in [-0.25, -0.2) is 0 Å². The number of rotatable bonds is 9. The maximum absolute atomic E-state index is 11.3.